The van der Waals surface area contributed by atoms with Crippen molar-refractivity contribution in [3.8, 4) is 5.69 Å². The molecule has 0 aliphatic rings. The van der Waals surface area contributed by atoms with Crippen LogP contribution < -0.4 is 5.32 Å². The summed E-state index contributed by atoms with van der Waals surface area (Å²) in [7, 11) is 1.90. The second-order valence-corrected chi connectivity index (χ2v) is 3.78. The molecule has 2 aromatic rings. The van der Waals surface area contributed by atoms with Crippen molar-refractivity contribution in [1.82, 2.24) is 9.78 Å². The van der Waals surface area contributed by atoms with Crippen molar-refractivity contribution in [1.29, 1.82) is 0 Å². The molecule has 0 saturated heterocycles. The molecule has 1 aromatic heterocycles. The fourth-order valence-corrected chi connectivity index (χ4v) is 1.68. The molecule has 0 saturated carbocycles. The monoisotopic (exact) mass is 251 g/mol. The van der Waals surface area contributed by atoms with E-state index in [2.05, 4.69) is 26.3 Å². The Morgan fingerprint density at radius 1 is 1.43 bits per heavy atom. The van der Waals surface area contributed by atoms with Gasteiger partial charge in [-0.05, 0) is 24.3 Å². The number of halogens is 1. The average molecular weight is 252 g/mol. The first-order chi connectivity index (χ1) is 6.81. The molecule has 1 heterocycles. The summed E-state index contributed by atoms with van der Waals surface area (Å²) in [6.07, 6.45) is 3.69. The minimum absolute atomic E-state index is 1.04. The Hall–Kier alpha value is -1.29. The molecule has 0 bridgehead atoms. The van der Waals surface area contributed by atoms with Gasteiger partial charge in [0.15, 0.2) is 0 Å². The van der Waals surface area contributed by atoms with Crippen molar-refractivity contribution in [2.24, 2.45) is 0 Å². The van der Waals surface area contributed by atoms with Crippen LogP contribution in [0.1, 0.15) is 0 Å². The van der Waals surface area contributed by atoms with Crippen LogP contribution in [0, 0.1) is 0 Å². The third-order valence-electron chi connectivity index (χ3n) is 1.98. The lowest BCUT2D eigenvalue weighted by molar-refractivity contribution is 0.881. The Morgan fingerprint density at radius 3 is 2.93 bits per heavy atom. The molecule has 0 spiro atoms. The number of rotatable bonds is 2. The number of benzene rings is 1. The molecular weight excluding hydrogens is 242 g/mol. The van der Waals surface area contributed by atoms with Crippen molar-refractivity contribution in [2.45, 2.75) is 0 Å². The zero-order valence-corrected chi connectivity index (χ0v) is 9.32. The van der Waals surface area contributed by atoms with Crippen LogP contribution in [0.5, 0.6) is 0 Å². The quantitative estimate of drug-likeness (QED) is 0.890. The molecule has 0 aliphatic carbocycles. The SMILES string of the molecule is CNc1cc(Br)ccc1-n1cccn1. The van der Waals surface area contributed by atoms with Gasteiger partial charge in [-0.3, -0.25) is 0 Å². The lowest BCUT2D eigenvalue weighted by atomic mass is 10.2. The summed E-state index contributed by atoms with van der Waals surface area (Å²) >= 11 is 3.43. The third kappa shape index (κ3) is 1.65. The summed E-state index contributed by atoms with van der Waals surface area (Å²) in [5.41, 5.74) is 2.09. The standard InChI is InChI=1S/C10H10BrN3/c1-12-9-7-8(11)3-4-10(9)14-6-2-5-13-14/h2-7,12H,1H3. The van der Waals surface area contributed by atoms with Gasteiger partial charge in [-0.15, -0.1) is 0 Å². The first-order valence-electron chi connectivity index (χ1n) is 4.28. The van der Waals surface area contributed by atoms with Crippen molar-refractivity contribution < 1.29 is 0 Å². The van der Waals surface area contributed by atoms with Crippen LogP contribution >= 0.6 is 15.9 Å². The van der Waals surface area contributed by atoms with Crippen LogP contribution in [0.3, 0.4) is 0 Å². The van der Waals surface area contributed by atoms with Crippen LogP contribution in [0.25, 0.3) is 5.69 Å². The third-order valence-corrected chi connectivity index (χ3v) is 2.47. The van der Waals surface area contributed by atoms with Gasteiger partial charge in [0.2, 0.25) is 0 Å². The van der Waals surface area contributed by atoms with Crippen LogP contribution in [0.15, 0.2) is 41.1 Å². The largest absolute Gasteiger partial charge is 0.386 e. The summed E-state index contributed by atoms with van der Waals surface area (Å²) < 4.78 is 2.89. The van der Waals surface area contributed by atoms with E-state index in [0.717, 1.165) is 15.8 Å². The molecule has 0 atom stereocenters. The first-order valence-corrected chi connectivity index (χ1v) is 5.08. The minimum atomic E-state index is 1.04. The molecule has 0 fully saturated rings. The molecule has 3 nitrogen and oxygen atoms in total. The maximum atomic E-state index is 4.19. The summed E-state index contributed by atoms with van der Waals surface area (Å²) in [5, 5.41) is 7.32. The molecule has 72 valence electrons. The Morgan fingerprint density at radius 2 is 2.29 bits per heavy atom. The second-order valence-electron chi connectivity index (χ2n) is 2.86. The number of aromatic nitrogens is 2. The van der Waals surface area contributed by atoms with Gasteiger partial charge in [-0.25, -0.2) is 4.68 Å². The summed E-state index contributed by atoms with van der Waals surface area (Å²) in [6, 6.07) is 7.94. The Kier molecular flexibility index (Phi) is 2.54. The highest BCUT2D eigenvalue weighted by Gasteiger charge is 2.03. The molecule has 4 heteroatoms. The normalized spacial score (nSPS) is 10.1. The van der Waals surface area contributed by atoms with Crippen molar-refractivity contribution in [3.05, 3.63) is 41.1 Å². The maximum Gasteiger partial charge on any atom is 0.0877 e. The van der Waals surface area contributed by atoms with Crippen LogP contribution in [0.4, 0.5) is 5.69 Å². The van der Waals surface area contributed by atoms with Crippen molar-refractivity contribution in [3.63, 3.8) is 0 Å². The van der Waals surface area contributed by atoms with Crippen molar-refractivity contribution >= 4 is 21.6 Å². The van der Waals surface area contributed by atoms with E-state index in [0.29, 0.717) is 0 Å². The predicted octanol–water partition coefficient (Wildman–Crippen LogP) is 2.68. The maximum absolute atomic E-state index is 4.19. The number of hydrogen-bond acceptors (Lipinski definition) is 2. The van der Waals surface area contributed by atoms with Gasteiger partial charge < -0.3 is 5.32 Å². The highest BCUT2D eigenvalue weighted by Crippen LogP contribution is 2.23. The summed E-state index contributed by atoms with van der Waals surface area (Å²) in [6.45, 7) is 0. The fraction of sp³-hybridized carbons (Fsp3) is 0.100. The fourth-order valence-electron chi connectivity index (χ4n) is 1.32. The molecule has 14 heavy (non-hydrogen) atoms. The number of anilines is 1. The molecule has 0 radical (unpaired) electrons. The van der Waals surface area contributed by atoms with Gasteiger partial charge in [0.05, 0.1) is 11.4 Å². The highest BCUT2D eigenvalue weighted by atomic mass is 79.9. The van der Waals surface area contributed by atoms with E-state index >= 15 is 0 Å². The predicted molar refractivity (Wildman–Crippen MR) is 60.8 cm³/mol. The highest BCUT2D eigenvalue weighted by molar-refractivity contribution is 9.10. The van der Waals surface area contributed by atoms with E-state index in [4.69, 9.17) is 0 Å². The summed E-state index contributed by atoms with van der Waals surface area (Å²) in [4.78, 5) is 0. The lowest BCUT2D eigenvalue weighted by Gasteiger charge is -2.09. The number of nitrogens with zero attached hydrogens (tertiary/aromatic N) is 2. The number of hydrogen-bond donors (Lipinski definition) is 1. The van der Waals surface area contributed by atoms with Crippen LogP contribution in [0.2, 0.25) is 0 Å². The molecule has 0 aliphatic heterocycles. The summed E-state index contributed by atoms with van der Waals surface area (Å²) in [5.74, 6) is 0. The smallest absolute Gasteiger partial charge is 0.0877 e. The Labute approximate surface area is 90.9 Å². The van der Waals surface area contributed by atoms with Crippen molar-refractivity contribution in [2.75, 3.05) is 12.4 Å². The second kappa shape index (κ2) is 3.84. The van der Waals surface area contributed by atoms with Gasteiger partial charge in [-0.1, -0.05) is 15.9 Å². The molecule has 0 amide bonds. The Bertz CT molecular complexity index is 423. The van der Waals surface area contributed by atoms with Gasteiger partial charge in [0.1, 0.15) is 0 Å². The first kappa shape index (κ1) is 9.27. The zero-order valence-electron chi connectivity index (χ0n) is 7.74. The van der Waals surface area contributed by atoms with Gasteiger partial charge in [0, 0.05) is 23.9 Å². The van der Waals surface area contributed by atoms with E-state index in [1.807, 2.05) is 42.2 Å². The molecule has 2 rings (SSSR count). The number of nitrogens with one attached hydrogen (secondary N) is 1. The van der Waals surface area contributed by atoms with E-state index in [1.165, 1.54) is 0 Å². The van der Waals surface area contributed by atoms with E-state index in [1.54, 1.807) is 6.20 Å². The molecular formula is C10H10BrN3. The van der Waals surface area contributed by atoms with E-state index in [-0.39, 0.29) is 0 Å². The van der Waals surface area contributed by atoms with Crippen LogP contribution in [-0.4, -0.2) is 16.8 Å². The van der Waals surface area contributed by atoms with Gasteiger partial charge in [-0.2, -0.15) is 5.10 Å². The molecule has 1 aromatic carbocycles. The minimum Gasteiger partial charge on any atom is -0.386 e. The molecule has 0 unspecified atom stereocenters. The van der Waals surface area contributed by atoms with E-state index < -0.39 is 0 Å². The lowest BCUT2D eigenvalue weighted by Crippen LogP contribution is -2.00. The van der Waals surface area contributed by atoms with Crippen LogP contribution in [-0.2, 0) is 0 Å². The average Bonchev–Trinajstić information content (AvgIpc) is 2.70. The van der Waals surface area contributed by atoms with Gasteiger partial charge in [0.25, 0.3) is 0 Å². The van der Waals surface area contributed by atoms with E-state index in [9.17, 15) is 0 Å². The van der Waals surface area contributed by atoms with Gasteiger partial charge >= 0.3 is 0 Å². The Balaban J connectivity index is 2.53. The zero-order chi connectivity index (χ0) is 9.97. The topological polar surface area (TPSA) is 29.9 Å². The molecule has 1 N–H and O–H groups in total.